The Kier molecular flexibility index (Phi) is 3.19. The molecule has 16 heavy (non-hydrogen) atoms. The van der Waals surface area contributed by atoms with Crippen LogP contribution in [0.1, 0.15) is 20.7 Å². The molecular formula is C9H7NO6. The van der Waals surface area contributed by atoms with Crippen LogP contribution in [0.2, 0.25) is 0 Å². The number of nitrogens with zero attached hydrogens (tertiary/aromatic N) is 1. The third kappa shape index (κ3) is 2.53. The predicted octanol–water partition coefficient (Wildman–Crippen LogP) is 0.550. The van der Waals surface area contributed by atoms with Crippen LogP contribution >= 0.6 is 0 Å². The highest BCUT2D eigenvalue weighted by Gasteiger charge is 2.17. The second-order valence-corrected chi connectivity index (χ2v) is 2.95. The van der Waals surface area contributed by atoms with Crippen LogP contribution in [0.5, 0.6) is 5.75 Å². The van der Waals surface area contributed by atoms with Crippen LogP contribution < -0.4 is 0 Å². The van der Waals surface area contributed by atoms with Crippen LogP contribution in [-0.2, 0) is 0 Å². The molecule has 0 spiro atoms. The quantitative estimate of drug-likeness (QED) is 0.438. The van der Waals surface area contributed by atoms with Gasteiger partial charge in [-0.15, -0.1) is 0 Å². The summed E-state index contributed by atoms with van der Waals surface area (Å²) in [5, 5.41) is 27.9. The summed E-state index contributed by atoms with van der Waals surface area (Å²) in [6.07, 6.45) is 0. The zero-order valence-electron chi connectivity index (χ0n) is 7.91. The van der Waals surface area contributed by atoms with Gasteiger partial charge in [-0.2, -0.15) is 0 Å². The molecule has 0 bridgehead atoms. The van der Waals surface area contributed by atoms with E-state index in [1.807, 2.05) is 0 Å². The van der Waals surface area contributed by atoms with Crippen molar-refractivity contribution in [1.29, 1.82) is 0 Å². The number of carbonyl (C=O) groups excluding carboxylic acids is 1. The molecule has 0 unspecified atom stereocenters. The number of carboxylic acids is 1. The average Bonchev–Trinajstić information content (AvgIpc) is 2.16. The molecule has 0 aliphatic carbocycles. The topological polar surface area (TPSA) is 118 Å². The van der Waals surface area contributed by atoms with E-state index in [0.29, 0.717) is 0 Å². The Labute approximate surface area is 89.1 Å². The van der Waals surface area contributed by atoms with Crippen molar-refractivity contribution >= 4 is 11.8 Å². The van der Waals surface area contributed by atoms with Gasteiger partial charge in [0.1, 0.15) is 11.3 Å². The van der Waals surface area contributed by atoms with Gasteiger partial charge < -0.3 is 10.2 Å². The van der Waals surface area contributed by atoms with Gasteiger partial charge in [-0.1, -0.05) is 0 Å². The zero-order chi connectivity index (χ0) is 12.3. The maximum Gasteiger partial charge on any atom is 0.339 e. The number of nitro groups is 1. The van der Waals surface area contributed by atoms with Crippen molar-refractivity contribution in [3.63, 3.8) is 0 Å². The first kappa shape index (κ1) is 11.6. The molecule has 0 saturated carbocycles. The molecule has 0 amide bonds. The predicted molar refractivity (Wildman–Crippen MR) is 51.3 cm³/mol. The summed E-state index contributed by atoms with van der Waals surface area (Å²) in [7, 11) is 0. The Bertz CT molecular complexity index is 467. The van der Waals surface area contributed by atoms with E-state index < -0.39 is 34.5 Å². The zero-order valence-corrected chi connectivity index (χ0v) is 7.91. The van der Waals surface area contributed by atoms with Gasteiger partial charge in [-0.25, -0.2) is 4.79 Å². The second-order valence-electron chi connectivity index (χ2n) is 2.95. The Hall–Kier alpha value is -2.44. The molecular weight excluding hydrogens is 218 g/mol. The smallest absolute Gasteiger partial charge is 0.339 e. The van der Waals surface area contributed by atoms with Crippen LogP contribution in [0.15, 0.2) is 18.2 Å². The highest BCUT2D eigenvalue weighted by Crippen LogP contribution is 2.18. The molecule has 0 saturated heterocycles. The summed E-state index contributed by atoms with van der Waals surface area (Å²) < 4.78 is 0. The Morgan fingerprint density at radius 3 is 2.50 bits per heavy atom. The lowest BCUT2D eigenvalue weighted by Gasteiger charge is -2.01. The summed E-state index contributed by atoms with van der Waals surface area (Å²) in [6.45, 7) is -0.913. The van der Waals surface area contributed by atoms with Gasteiger partial charge in [-0.05, 0) is 18.2 Å². The summed E-state index contributed by atoms with van der Waals surface area (Å²) in [6, 6.07) is 3.05. The Morgan fingerprint density at radius 2 is 2.00 bits per heavy atom. The summed E-state index contributed by atoms with van der Waals surface area (Å²) in [5.41, 5.74) is -0.582. The molecule has 7 nitrogen and oxygen atoms in total. The van der Waals surface area contributed by atoms with Gasteiger partial charge in [-0.3, -0.25) is 14.9 Å². The van der Waals surface area contributed by atoms with Crippen molar-refractivity contribution < 1.29 is 24.7 Å². The van der Waals surface area contributed by atoms with Crippen molar-refractivity contribution in [1.82, 2.24) is 0 Å². The van der Waals surface area contributed by atoms with Crippen molar-refractivity contribution in [3.8, 4) is 5.75 Å². The van der Waals surface area contributed by atoms with Gasteiger partial charge in [0.2, 0.25) is 5.78 Å². The average molecular weight is 225 g/mol. The maximum absolute atomic E-state index is 11.2. The molecule has 84 valence electrons. The standard InChI is InChI=1S/C9H7NO6/c11-7-2-1-5(3-6(7)9(13)14)8(12)4-10(15)16/h1-3,11H,4H2,(H,13,14). The van der Waals surface area contributed by atoms with E-state index in [1.165, 1.54) is 0 Å². The number of benzene rings is 1. The van der Waals surface area contributed by atoms with E-state index in [0.717, 1.165) is 18.2 Å². The SMILES string of the molecule is O=C(C[N+](=O)[O-])c1ccc(O)c(C(=O)O)c1. The number of Topliss-reactive ketones (excluding diaryl/α,β-unsaturated/α-hetero) is 1. The molecule has 0 fully saturated rings. The summed E-state index contributed by atoms with van der Waals surface area (Å²) in [4.78, 5) is 31.1. The first-order valence-electron chi connectivity index (χ1n) is 4.13. The van der Waals surface area contributed by atoms with Gasteiger partial charge in [0.25, 0.3) is 6.54 Å². The van der Waals surface area contributed by atoms with Crippen LogP contribution in [-0.4, -0.2) is 33.4 Å². The van der Waals surface area contributed by atoms with E-state index in [1.54, 1.807) is 0 Å². The Morgan fingerprint density at radius 1 is 1.38 bits per heavy atom. The van der Waals surface area contributed by atoms with Gasteiger partial charge in [0.05, 0.1) is 0 Å². The number of hydrogen-bond donors (Lipinski definition) is 2. The second kappa shape index (κ2) is 4.39. The minimum absolute atomic E-state index is 0.119. The highest BCUT2D eigenvalue weighted by atomic mass is 16.6. The molecule has 1 aromatic carbocycles. The van der Waals surface area contributed by atoms with Crippen LogP contribution in [0.3, 0.4) is 0 Å². The number of aromatic hydroxyl groups is 1. The van der Waals surface area contributed by atoms with Crippen molar-refractivity contribution in [2.75, 3.05) is 6.54 Å². The Balaban J connectivity index is 3.08. The first-order chi connectivity index (χ1) is 7.41. The van der Waals surface area contributed by atoms with E-state index in [2.05, 4.69) is 0 Å². The molecule has 0 radical (unpaired) electrons. The van der Waals surface area contributed by atoms with Crippen LogP contribution in [0.4, 0.5) is 0 Å². The van der Waals surface area contributed by atoms with E-state index in [-0.39, 0.29) is 5.56 Å². The van der Waals surface area contributed by atoms with E-state index >= 15 is 0 Å². The number of rotatable bonds is 4. The molecule has 0 atom stereocenters. The van der Waals surface area contributed by atoms with Gasteiger partial charge in [0.15, 0.2) is 0 Å². The molecule has 0 heterocycles. The largest absolute Gasteiger partial charge is 0.507 e. The first-order valence-corrected chi connectivity index (χ1v) is 4.13. The molecule has 2 N–H and O–H groups in total. The number of carbonyl (C=O) groups is 2. The molecule has 0 aliphatic heterocycles. The molecule has 1 rings (SSSR count). The normalized spacial score (nSPS) is 9.75. The number of ketones is 1. The fourth-order valence-electron chi connectivity index (χ4n) is 1.09. The van der Waals surface area contributed by atoms with Crippen LogP contribution in [0.25, 0.3) is 0 Å². The molecule has 7 heteroatoms. The fraction of sp³-hybridized carbons (Fsp3) is 0.111. The van der Waals surface area contributed by atoms with E-state index in [9.17, 15) is 19.7 Å². The molecule has 0 aromatic heterocycles. The number of phenols is 1. The molecule has 0 aliphatic rings. The lowest BCUT2D eigenvalue weighted by molar-refractivity contribution is -0.465. The van der Waals surface area contributed by atoms with E-state index in [4.69, 9.17) is 10.2 Å². The number of hydrogen-bond acceptors (Lipinski definition) is 5. The monoisotopic (exact) mass is 225 g/mol. The lowest BCUT2D eigenvalue weighted by atomic mass is 10.1. The van der Waals surface area contributed by atoms with Gasteiger partial charge in [0, 0.05) is 10.5 Å². The summed E-state index contributed by atoms with van der Waals surface area (Å²) >= 11 is 0. The third-order valence-corrected chi connectivity index (χ3v) is 1.82. The number of carboxylic acid groups (broad SMARTS) is 1. The minimum atomic E-state index is -1.41. The summed E-state index contributed by atoms with van der Waals surface area (Å²) in [5.74, 6) is -2.72. The minimum Gasteiger partial charge on any atom is -0.507 e. The van der Waals surface area contributed by atoms with Crippen molar-refractivity contribution in [3.05, 3.63) is 39.4 Å². The maximum atomic E-state index is 11.2. The third-order valence-electron chi connectivity index (χ3n) is 1.82. The number of aromatic carboxylic acids is 1. The van der Waals surface area contributed by atoms with Crippen molar-refractivity contribution in [2.24, 2.45) is 0 Å². The fourth-order valence-corrected chi connectivity index (χ4v) is 1.09. The van der Waals surface area contributed by atoms with Crippen LogP contribution in [0, 0.1) is 10.1 Å². The lowest BCUT2D eigenvalue weighted by Crippen LogP contribution is -2.14. The highest BCUT2D eigenvalue weighted by molar-refractivity contribution is 6.00. The van der Waals surface area contributed by atoms with Crippen molar-refractivity contribution in [2.45, 2.75) is 0 Å². The van der Waals surface area contributed by atoms with Gasteiger partial charge >= 0.3 is 5.97 Å². The molecule has 1 aromatic rings.